The van der Waals surface area contributed by atoms with Crippen LogP contribution in [0.5, 0.6) is 0 Å². The van der Waals surface area contributed by atoms with Crippen molar-refractivity contribution in [2.24, 2.45) is 0 Å². The number of hydrogen-bond acceptors (Lipinski definition) is 2. The lowest BCUT2D eigenvalue weighted by Gasteiger charge is -2.09. The van der Waals surface area contributed by atoms with Crippen molar-refractivity contribution in [3.05, 3.63) is 46.2 Å². The average Bonchev–Trinajstić information content (AvgIpc) is 2.88. The van der Waals surface area contributed by atoms with Crippen molar-refractivity contribution in [1.29, 1.82) is 0 Å². The maximum absolute atomic E-state index is 4.59. The molecule has 0 aliphatic rings. The molecule has 102 valence electrons. The zero-order valence-electron chi connectivity index (χ0n) is 11.7. The quantitative estimate of drug-likeness (QED) is 0.876. The van der Waals surface area contributed by atoms with E-state index in [-0.39, 0.29) is 0 Å². The number of aryl methyl sites for hydroxylation is 1. The molecular weight excluding hydrogens is 302 g/mol. The van der Waals surface area contributed by atoms with Gasteiger partial charge in [0, 0.05) is 22.4 Å². The summed E-state index contributed by atoms with van der Waals surface area (Å²) in [4.78, 5) is 0. The topological polar surface area (TPSA) is 29.9 Å². The van der Waals surface area contributed by atoms with Crippen LogP contribution in [0.3, 0.4) is 0 Å². The third kappa shape index (κ3) is 3.60. The number of anilines is 1. The van der Waals surface area contributed by atoms with Gasteiger partial charge >= 0.3 is 0 Å². The largest absolute Gasteiger partial charge is 0.378 e. The molecule has 0 aliphatic carbocycles. The summed E-state index contributed by atoms with van der Waals surface area (Å²) in [5.74, 6) is 0. The third-order valence-electron chi connectivity index (χ3n) is 3.29. The summed E-state index contributed by atoms with van der Waals surface area (Å²) in [5.41, 5.74) is 3.42. The molecule has 0 saturated carbocycles. The summed E-state index contributed by atoms with van der Waals surface area (Å²) in [6.07, 6.45) is 3.15. The first-order valence-corrected chi connectivity index (χ1v) is 7.43. The standard InChI is InChI=1S/C15H20BrN3/c1-4-12(3)19-8-7-13(18-19)10-17-15-9-11(2)5-6-14(15)16/h5-9,12,17H,4,10H2,1-3H3. The molecule has 3 nitrogen and oxygen atoms in total. The highest BCUT2D eigenvalue weighted by Crippen LogP contribution is 2.23. The molecule has 1 unspecified atom stereocenters. The lowest BCUT2D eigenvalue weighted by atomic mass is 10.2. The summed E-state index contributed by atoms with van der Waals surface area (Å²) in [6, 6.07) is 8.82. The normalized spacial score (nSPS) is 12.4. The number of halogens is 1. The van der Waals surface area contributed by atoms with Crippen molar-refractivity contribution < 1.29 is 0 Å². The fraction of sp³-hybridized carbons (Fsp3) is 0.400. The number of benzene rings is 1. The van der Waals surface area contributed by atoms with Gasteiger partial charge in [-0.1, -0.05) is 13.0 Å². The van der Waals surface area contributed by atoms with E-state index in [0.29, 0.717) is 6.04 Å². The van der Waals surface area contributed by atoms with Crippen molar-refractivity contribution in [1.82, 2.24) is 9.78 Å². The first-order valence-electron chi connectivity index (χ1n) is 6.64. The molecule has 1 heterocycles. The Balaban J connectivity index is 2.02. The Morgan fingerprint density at radius 2 is 2.16 bits per heavy atom. The SMILES string of the molecule is CCC(C)n1ccc(CNc2cc(C)ccc2Br)n1. The van der Waals surface area contributed by atoms with Gasteiger partial charge in [-0.15, -0.1) is 0 Å². The van der Waals surface area contributed by atoms with E-state index < -0.39 is 0 Å². The van der Waals surface area contributed by atoms with Crippen LogP contribution >= 0.6 is 15.9 Å². The number of rotatable bonds is 5. The van der Waals surface area contributed by atoms with E-state index in [1.165, 1.54) is 5.56 Å². The second kappa shape index (κ2) is 6.24. The number of hydrogen-bond donors (Lipinski definition) is 1. The average molecular weight is 322 g/mol. The predicted molar refractivity (Wildman–Crippen MR) is 83.4 cm³/mol. The highest BCUT2D eigenvalue weighted by atomic mass is 79.9. The Labute approximate surface area is 123 Å². The fourth-order valence-electron chi connectivity index (χ4n) is 1.86. The van der Waals surface area contributed by atoms with Crippen molar-refractivity contribution in [3.63, 3.8) is 0 Å². The van der Waals surface area contributed by atoms with Crippen LogP contribution in [0.2, 0.25) is 0 Å². The van der Waals surface area contributed by atoms with Crippen LogP contribution in [-0.2, 0) is 6.54 Å². The van der Waals surface area contributed by atoms with Gasteiger partial charge in [0.25, 0.3) is 0 Å². The van der Waals surface area contributed by atoms with E-state index >= 15 is 0 Å². The summed E-state index contributed by atoms with van der Waals surface area (Å²) in [7, 11) is 0. The van der Waals surface area contributed by atoms with Gasteiger partial charge in [-0.25, -0.2) is 0 Å². The van der Waals surface area contributed by atoms with E-state index in [0.717, 1.165) is 28.8 Å². The van der Waals surface area contributed by atoms with Gasteiger partial charge in [0.1, 0.15) is 0 Å². The maximum Gasteiger partial charge on any atom is 0.0815 e. The summed E-state index contributed by atoms with van der Waals surface area (Å²) >= 11 is 3.56. The summed E-state index contributed by atoms with van der Waals surface area (Å²) < 4.78 is 3.11. The van der Waals surface area contributed by atoms with Gasteiger partial charge in [-0.2, -0.15) is 5.10 Å². The Morgan fingerprint density at radius 1 is 1.37 bits per heavy atom. The Hall–Kier alpha value is -1.29. The van der Waals surface area contributed by atoms with E-state index in [4.69, 9.17) is 0 Å². The van der Waals surface area contributed by atoms with Crippen LogP contribution in [0.25, 0.3) is 0 Å². The first kappa shape index (κ1) is 14.1. The molecule has 4 heteroatoms. The van der Waals surface area contributed by atoms with Gasteiger partial charge in [0.2, 0.25) is 0 Å². The minimum Gasteiger partial charge on any atom is -0.378 e. The second-order valence-corrected chi connectivity index (χ2v) is 5.74. The summed E-state index contributed by atoms with van der Waals surface area (Å²) in [6.45, 7) is 7.19. The van der Waals surface area contributed by atoms with E-state index in [1.807, 2.05) is 4.68 Å². The van der Waals surface area contributed by atoms with Gasteiger partial charge in [0.15, 0.2) is 0 Å². The predicted octanol–water partition coefficient (Wildman–Crippen LogP) is 4.54. The molecular formula is C15H20BrN3. The smallest absolute Gasteiger partial charge is 0.0815 e. The van der Waals surface area contributed by atoms with E-state index in [2.05, 4.69) is 77.6 Å². The van der Waals surface area contributed by atoms with Crippen LogP contribution in [0.4, 0.5) is 5.69 Å². The Morgan fingerprint density at radius 3 is 2.89 bits per heavy atom. The molecule has 0 radical (unpaired) electrons. The molecule has 0 fully saturated rings. The molecule has 1 atom stereocenters. The van der Waals surface area contributed by atoms with Crippen molar-refractivity contribution >= 4 is 21.6 Å². The lowest BCUT2D eigenvalue weighted by molar-refractivity contribution is 0.474. The number of aromatic nitrogens is 2. The van der Waals surface area contributed by atoms with Gasteiger partial charge < -0.3 is 5.32 Å². The van der Waals surface area contributed by atoms with Crippen molar-refractivity contribution in [3.8, 4) is 0 Å². The molecule has 0 saturated heterocycles. The fourth-order valence-corrected chi connectivity index (χ4v) is 2.25. The van der Waals surface area contributed by atoms with Gasteiger partial charge in [-0.3, -0.25) is 4.68 Å². The van der Waals surface area contributed by atoms with Gasteiger partial charge in [0.05, 0.1) is 12.2 Å². The van der Waals surface area contributed by atoms with Gasteiger partial charge in [-0.05, 0) is 60.0 Å². The molecule has 19 heavy (non-hydrogen) atoms. The number of nitrogens with zero attached hydrogens (tertiary/aromatic N) is 2. The molecule has 0 aliphatic heterocycles. The van der Waals surface area contributed by atoms with Crippen LogP contribution in [0.1, 0.15) is 37.6 Å². The van der Waals surface area contributed by atoms with Crippen LogP contribution in [0.15, 0.2) is 34.9 Å². The molecule has 1 N–H and O–H groups in total. The molecule has 1 aromatic heterocycles. The molecule has 2 aromatic rings. The molecule has 0 amide bonds. The van der Waals surface area contributed by atoms with Crippen LogP contribution in [-0.4, -0.2) is 9.78 Å². The Kier molecular flexibility index (Phi) is 4.64. The maximum atomic E-state index is 4.59. The van der Waals surface area contributed by atoms with E-state index in [1.54, 1.807) is 0 Å². The minimum absolute atomic E-state index is 0.458. The molecule has 0 spiro atoms. The zero-order valence-corrected chi connectivity index (χ0v) is 13.2. The van der Waals surface area contributed by atoms with Crippen LogP contribution < -0.4 is 5.32 Å². The monoisotopic (exact) mass is 321 g/mol. The first-order chi connectivity index (χ1) is 9.10. The zero-order chi connectivity index (χ0) is 13.8. The van der Waals surface area contributed by atoms with E-state index in [9.17, 15) is 0 Å². The van der Waals surface area contributed by atoms with Crippen molar-refractivity contribution in [2.45, 2.75) is 39.8 Å². The molecule has 0 bridgehead atoms. The van der Waals surface area contributed by atoms with Crippen LogP contribution in [0, 0.1) is 6.92 Å². The summed E-state index contributed by atoms with van der Waals surface area (Å²) in [5, 5.41) is 8.00. The third-order valence-corrected chi connectivity index (χ3v) is 3.98. The highest BCUT2D eigenvalue weighted by Gasteiger charge is 2.05. The highest BCUT2D eigenvalue weighted by molar-refractivity contribution is 9.10. The minimum atomic E-state index is 0.458. The lowest BCUT2D eigenvalue weighted by Crippen LogP contribution is -2.06. The number of nitrogens with one attached hydrogen (secondary N) is 1. The van der Waals surface area contributed by atoms with Crippen molar-refractivity contribution in [2.75, 3.05) is 5.32 Å². The molecule has 1 aromatic carbocycles. The Bertz CT molecular complexity index is 548. The second-order valence-electron chi connectivity index (χ2n) is 4.88. The molecule has 2 rings (SSSR count).